The van der Waals surface area contributed by atoms with Crippen LogP contribution in [0.2, 0.25) is 0 Å². The zero-order chi connectivity index (χ0) is 12.5. The first-order valence-electron chi connectivity index (χ1n) is 6.57. The highest BCUT2D eigenvalue weighted by Gasteiger charge is 2.21. The summed E-state index contributed by atoms with van der Waals surface area (Å²) in [6.45, 7) is 3.42. The maximum Gasteiger partial charge on any atom is 0.120 e. The summed E-state index contributed by atoms with van der Waals surface area (Å²) in [7, 11) is 1.73. The Morgan fingerprint density at radius 2 is 2.22 bits per heavy atom. The molecule has 0 radical (unpaired) electrons. The highest BCUT2D eigenvalue weighted by molar-refractivity contribution is 7.19. The lowest BCUT2D eigenvalue weighted by molar-refractivity contribution is 0.384. The van der Waals surface area contributed by atoms with Crippen molar-refractivity contribution in [2.24, 2.45) is 0 Å². The zero-order valence-corrected chi connectivity index (χ0v) is 11.7. The maximum absolute atomic E-state index is 5.29. The van der Waals surface area contributed by atoms with E-state index in [1.165, 1.54) is 27.8 Å². The highest BCUT2D eigenvalue weighted by atomic mass is 32.1. The number of rotatable bonds is 2. The molecule has 1 unspecified atom stereocenters. The third-order valence-corrected chi connectivity index (χ3v) is 5.03. The highest BCUT2D eigenvalue weighted by Crippen LogP contribution is 2.37. The van der Waals surface area contributed by atoms with E-state index in [0.717, 1.165) is 18.2 Å². The number of hydrogen-bond donors (Lipinski definition) is 1. The van der Waals surface area contributed by atoms with E-state index in [0.29, 0.717) is 6.04 Å². The van der Waals surface area contributed by atoms with Gasteiger partial charge in [0.05, 0.1) is 7.11 Å². The van der Waals surface area contributed by atoms with Gasteiger partial charge in [0.25, 0.3) is 0 Å². The van der Waals surface area contributed by atoms with Gasteiger partial charge >= 0.3 is 0 Å². The number of ether oxygens (including phenoxy) is 1. The lowest BCUT2D eigenvalue weighted by Crippen LogP contribution is -2.34. The van der Waals surface area contributed by atoms with Crippen LogP contribution in [0.25, 0.3) is 10.1 Å². The van der Waals surface area contributed by atoms with E-state index in [4.69, 9.17) is 4.74 Å². The molecule has 1 aromatic heterocycles. The molecule has 96 valence electrons. The first-order chi connectivity index (χ1) is 8.76. The average molecular weight is 261 g/mol. The van der Waals surface area contributed by atoms with Crippen molar-refractivity contribution in [1.29, 1.82) is 0 Å². The van der Waals surface area contributed by atoms with Gasteiger partial charge in [0.15, 0.2) is 0 Å². The Labute approximate surface area is 112 Å². The third-order valence-electron chi connectivity index (χ3n) is 3.77. The second-order valence-electron chi connectivity index (χ2n) is 5.13. The van der Waals surface area contributed by atoms with E-state index in [-0.39, 0.29) is 0 Å². The summed E-state index contributed by atoms with van der Waals surface area (Å²) >= 11 is 1.93. The summed E-state index contributed by atoms with van der Waals surface area (Å²) in [5.41, 5.74) is 0. The van der Waals surface area contributed by atoms with Crippen molar-refractivity contribution in [1.82, 2.24) is 5.32 Å². The van der Waals surface area contributed by atoms with Crippen LogP contribution in [0.5, 0.6) is 5.75 Å². The van der Waals surface area contributed by atoms with Crippen molar-refractivity contribution >= 4 is 21.4 Å². The molecule has 0 aliphatic carbocycles. The topological polar surface area (TPSA) is 21.3 Å². The maximum atomic E-state index is 5.29. The number of thiophene rings is 1. The van der Waals surface area contributed by atoms with Gasteiger partial charge in [0.1, 0.15) is 5.75 Å². The standard InChI is InChI=1S/C15H19NOS/c1-10-7-12(5-6-16-10)14-8-11-3-4-13(17-2)9-15(11)18-14/h3-4,8-10,12,16H,5-7H2,1-2H3/t10-,12?/m0/s1. The van der Waals surface area contributed by atoms with Crippen molar-refractivity contribution in [2.45, 2.75) is 31.7 Å². The zero-order valence-electron chi connectivity index (χ0n) is 10.9. The normalized spacial score (nSPS) is 24.3. The van der Waals surface area contributed by atoms with Crippen LogP contribution < -0.4 is 10.1 Å². The first kappa shape index (κ1) is 12.0. The second-order valence-corrected chi connectivity index (χ2v) is 6.24. The van der Waals surface area contributed by atoms with E-state index in [1.807, 2.05) is 17.4 Å². The van der Waals surface area contributed by atoms with Gasteiger partial charge in [0, 0.05) is 15.6 Å². The number of methoxy groups -OCH3 is 1. The number of nitrogens with one attached hydrogen (secondary N) is 1. The molecule has 18 heavy (non-hydrogen) atoms. The fourth-order valence-corrected chi connectivity index (χ4v) is 3.99. The summed E-state index contributed by atoms with van der Waals surface area (Å²) < 4.78 is 6.63. The van der Waals surface area contributed by atoms with Crippen molar-refractivity contribution in [3.63, 3.8) is 0 Å². The Morgan fingerprint density at radius 1 is 1.33 bits per heavy atom. The molecule has 2 aromatic rings. The Balaban J connectivity index is 1.92. The Morgan fingerprint density at radius 3 is 3.00 bits per heavy atom. The summed E-state index contributed by atoms with van der Waals surface area (Å²) in [6, 6.07) is 9.36. The smallest absolute Gasteiger partial charge is 0.120 e. The number of fused-ring (bicyclic) bond motifs is 1. The molecule has 2 nitrogen and oxygen atoms in total. The number of piperidine rings is 1. The number of hydrogen-bond acceptors (Lipinski definition) is 3. The SMILES string of the molecule is COc1ccc2cc(C3CCN[C@@H](C)C3)sc2c1. The summed E-state index contributed by atoms with van der Waals surface area (Å²) in [6.07, 6.45) is 2.51. The molecule has 0 bridgehead atoms. The van der Waals surface area contributed by atoms with Crippen LogP contribution in [0.1, 0.15) is 30.6 Å². The van der Waals surface area contributed by atoms with Gasteiger partial charge < -0.3 is 10.1 Å². The molecule has 3 heteroatoms. The Bertz CT molecular complexity index is 548. The predicted octanol–water partition coefficient (Wildman–Crippen LogP) is 3.77. The summed E-state index contributed by atoms with van der Waals surface area (Å²) in [5.74, 6) is 1.68. The van der Waals surface area contributed by atoms with Crippen LogP contribution >= 0.6 is 11.3 Å². The lowest BCUT2D eigenvalue weighted by atomic mass is 9.92. The summed E-state index contributed by atoms with van der Waals surface area (Å²) in [4.78, 5) is 1.53. The lowest BCUT2D eigenvalue weighted by Gasteiger charge is -2.27. The predicted molar refractivity (Wildman–Crippen MR) is 77.8 cm³/mol. The summed E-state index contributed by atoms with van der Waals surface area (Å²) in [5, 5.41) is 4.87. The van der Waals surface area contributed by atoms with E-state index in [2.05, 4.69) is 30.4 Å². The van der Waals surface area contributed by atoms with Crippen LogP contribution in [0.3, 0.4) is 0 Å². The largest absolute Gasteiger partial charge is 0.497 e. The van der Waals surface area contributed by atoms with Crippen molar-refractivity contribution in [3.05, 3.63) is 29.1 Å². The molecule has 3 rings (SSSR count). The molecule has 0 saturated carbocycles. The quantitative estimate of drug-likeness (QED) is 0.888. The third kappa shape index (κ3) is 2.25. The minimum atomic E-state index is 0.642. The monoisotopic (exact) mass is 261 g/mol. The molecular formula is C15H19NOS. The second kappa shape index (κ2) is 4.90. The van der Waals surface area contributed by atoms with Crippen LogP contribution in [-0.4, -0.2) is 19.7 Å². The van der Waals surface area contributed by atoms with E-state index in [1.54, 1.807) is 7.11 Å². The molecule has 1 aliphatic heterocycles. The molecule has 2 atom stereocenters. The van der Waals surface area contributed by atoms with Gasteiger partial charge in [-0.05, 0) is 61.9 Å². The fourth-order valence-electron chi connectivity index (χ4n) is 2.75. The van der Waals surface area contributed by atoms with Crippen LogP contribution in [0.15, 0.2) is 24.3 Å². The van der Waals surface area contributed by atoms with Crippen molar-refractivity contribution in [2.75, 3.05) is 13.7 Å². The minimum Gasteiger partial charge on any atom is -0.497 e. The molecular weight excluding hydrogens is 242 g/mol. The van der Waals surface area contributed by atoms with E-state index in [9.17, 15) is 0 Å². The van der Waals surface area contributed by atoms with Gasteiger partial charge in [-0.25, -0.2) is 0 Å². The molecule has 0 amide bonds. The molecule has 1 aliphatic rings. The van der Waals surface area contributed by atoms with Crippen LogP contribution in [0, 0.1) is 0 Å². The molecule has 1 aromatic carbocycles. The number of benzene rings is 1. The van der Waals surface area contributed by atoms with Gasteiger partial charge in [-0.1, -0.05) is 0 Å². The van der Waals surface area contributed by atoms with Crippen molar-refractivity contribution in [3.8, 4) is 5.75 Å². The minimum absolute atomic E-state index is 0.642. The fraction of sp³-hybridized carbons (Fsp3) is 0.467. The molecule has 1 fully saturated rings. The van der Waals surface area contributed by atoms with Gasteiger partial charge in [-0.2, -0.15) is 0 Å². The van der Waals surface area contributed by atoms with Gasteiger partial charge in [-0.3, -0.25) is 0 Å². The molecule has 2 heterocycles. The average Bonchev–Trinajstić information content (AvgIpc) is 2.81. The molecule has 1 N–H and O–H groups in total. The Kier molecular flexibility index (Phi) is 3.27. The van der Waals surface area contributed by atoms with Gasteiger partial charge in [0.2, 0.25) is 0 Å². The Hall–Kier alpha value is -1.06. The molecule has 1 saturated heterocycles. The molecule has 0 spiro atoms. The van der Waals surface area contributed by atoms with Crippen molar-refractivity contribution < 1.29 is 4.74 Å². The van der Waals surface area contributed by atoms with E-state index >= 15 is 0 Å². The van der Waals surface area contributed by atoms with E-state index < -0.39 is 0 Å². The first-order valence-corrected chi connectivity index (χ1v) is 7.39. The van der Waals surface area contributed by atoms with Crippen LogP contribution in [-0.2, 0) is 0 Å². The van der Waals surface area contributed by atoms with Crippen LogP contribution in [0.4, 0.5) is 0 Å². The van der Waals surface area contributed by atoms with Gasteiger partial charge in [-0.15, -0.1) is 11.3 Å².